The van der Waals surface area contributed by atoms with E-state index in [2.05, 4.69) is 120 Å². The lowest BCUT2D eigenvalue weighted by atomic mass is 10.1. The van der Waals surface area contributed by atoms with Gasteiger partial charge in [-0.2, -0.15) is 0 Å². The highest BCUT2D eigenvalue weighted by molar-refractivity contribution is 7.17. The van der Waals surface area contributed by atoms with Gasteiger partial charge in [0.1, 0.15) is 0 Å². The molecule has 6 heteroatoms. The van der Waals surface area contributed by atoms with E-state index in [1.165, 1.54) is 30.9 Å². The van der Waals surface area contributed by atoms with Crippen molar-refractivity contribution >= 4 is 44.8 Å². The molecule has 0 bridgehead atoms. The van der Waals surface area contributed by atoms with E-state index in [9.17, 15) is 0 Å². The maximum absolute atomic E-state index is 4.61. The molecule has 0 aliphatic heterocycles. The van der Waals surface area contributed by atoms with Gasteiger partial charge < -0.3 is 9.80 Å². The summed E-state index contributed by atoms with van der Waals surface area (Å²) >= 11 is 3.69. The predicted molar refractivity (Wildman–Crippen MR) is 169 cm³/mol. The molecule has 0 aromatic carbocycles. The monoisotopic (exact) mass is 542 g/mol. The molecule has 0 fully saturated rings. The maximum Gasteiger partial charge on any atom is 0.0914 e. The number of rotatable bonds is 13. The number of anilines is 2. The molecule has 0 aliphatic carbocycles. The van der Waals surface area contributed by atoms with E-state index >= 15 is 0 Å². The average molecular weight is 543 g/mol. The van der Waals surface area contributed by atoms with Crippen LogP contribution in [0.2, 0.25) is 0 Å². The summed E-state index contributed by atoms with van der Waals surface area (Å²) in [5, 5.41) is 2.67. The number of hydrogen-bond acceptors (Lipinski definition) is 6. The quantitative estimate of drug-likeness (QED) is 0.170. The zero-order chi connectivity index (χ0) is 26.7. The van der Waals surface area contributed by atoms with Crippen molar-refractivity contribution in [3.63, 3.8) is 0 Å². The molecule has 0 aliphatic rings. The Bertz CT molecular complexity index is 1240. The third-order valence-electron chi connectivity index (χ3n) is 6.56. The summed E-state index contributed by atoms with van der Waals surface area (Å²) in [7, 11) is 0. The van der Waals surface area contributed by atoms with E-state index in [-0.39, 0.29) is 0 Å². The summed E-state index contributed by atoms with van der Waals surface area (Å²) in [5.74, 6) is 0. The summed E-state index contributed by atoms with van der Waals surface area (Å²) in [6.45, 7) is 13.0. The first-order valence-corrected chi connectivity index (χ1v) is 15.2. The summed E-state index contributed by atoms with van der Waals surface area (Å²) in [5.41, 5.74) is 4.31. The lowest BCUT2D eigenvalue weighted by molar-refractivity contribution is 0.876. The Kier molecular flexibility index (Phi) is 10.3. The summed E-state index contributed by atoms with van der Waals surface area (Å²) < 4.78 is 0. The lowest BCUT2D eigenvalue weighted by Crippen LogP contribution is -2.20. The standard InChI is InChI=1S/C32H38N4S2/c1-5-35(6-2)31-17-15-27(37-31)13-9-11-25-19-21-33-29(23-25)30-24-26(20-22-34-30)12-10-14-28-16-18-32(38-28)36(7-3)8-4/h9-10,13-24H,5-8,11-12H2,1-4H3/b13-9+,14-10+. The Balaban J connectivity index is 1.37. The summed E-state index contributed by atoms with van der Waals surface area (Å²) in [4.78, 5) is 16.6. The third kappa shape index (κ3) is 7.42. The highest BCUT2D eigenvalue weighted by Gasteiger charge is 2.06. The predicted octanol–water partition coefficient (Wildman–Crippen LogP) is 8.47. The first-order valence-electron chi connectivity index (χ1n) is 13.6. The van der Waals surface area contributed by atoms with Crippen LogP contribution >= 0.6 is 22.7 Å². The first kappa shape index (κ1) is 27.8. The number of thiophene rings is 2. The zero-order valence-corrected chi connectivity index (χ0v) is 24.6. The van der Waals surface area contributed by atoms with Gasteiger partial charge in [0.05, 0.1) is 21.4 Å². The highest BCUT2D eigenvalue weighted by Crippen LogP contribution is 2.28. The third-order valence-corrected chi connectivity index (χ3v) is 8.78. The van der Waals surface area contributed by atoms with Crippen LogP contribution in [0.1, 0.15) is 48.6 Å². The van der Waals surface area contributed by atoms with Crippen LogP contribution in [0.4, 0.5) is 10.0 Å². The lowest BCUT2D eigenvalue weighted by Gasteiger charge is -2.17. The van der Waals surface area contributed by atoms with Crippen LogP contribution in [0.25, 0.3) is 23.5 Å². The van der Waals surface area contributed by atoms with E-state index < -0.39 is 0 Å². The Morgan fingerprint density at radius 3 is 1.42 bits per heavy atom. The largest absolute Gasteiger partial charge is 0.364 e. The average Bonchev–Trinajstić information content (AvgIpc) is 3.61. The van der Waals surface area contributed by atoms with Gasteiger partial charge in [-0.05, 0) is 112 Å². The van der Waals surface area contributed by atoms with Gasteiger partial charge in [-0.3, -0.25) is 9.97 Å². The Labute approximate surface area is 236 Å². The van der Waals surface area contributed by atoms with Crippen molar-refractivity contribution in [1.29, 1.82) is 0 Å². The van der Waals surface area contributed by atoms with Crippen molar-refractivity contribution in [2.75, 3.05) is 36.0 Å². The summed E-state index contributed by atoms with van der Waals surface area (Å²) in [6.07, 6.45) is 14.4. The van der Waals surface area contributed by atoms with Crippen LogP contribution < -0.4 is 9.80 Å². The molecule has 4 heterocycles. The normalized spacial score (nSPS) is 11.6. The van der Waals surface area contributed by atoms with Crippen LogP contribution in [-0.2, 0) is 12.8 Å². The fourth-order valence-electron chi connectivity index (χ4n) is 4.38. The molecule has 38 heavy (non-hydrogen) atoms. The number of allylic oxidation sites excluding steroid dienone is 2. The molecule has 0 spiro atoms. The zero-order valence-electron chi connectivity index (χ0n) is 22.9. The second-order valence-corrected chi connectivity index (χ2v) is 11.2. The smallest absolute Gasteiger partial charge is 0.0914 e. The van der Waals surface area contributed by atoms with Gasteiger partial charge in [-0.25, -0.2) is 0 Å². The number of aromatic nitrogens is 2. The first-order chi connectivity index (χ1) is 18.6. The molecule has 0 atom stereocenters. The molecule has 4 rings (SSSR count). The SMILES string of the molecule is CCN(CC)c1ccc(/C=C/Cc2ccnc(-c3cc(C/C=C/c4ccc(N(CC)CC)s4)ccn3)c2)s1. The molecular formula is C32H38N4S2. The molecule has 0 radical (unpaired) electrons. The maximum atomic E-state index is 4.61. The molecule has 4 aromatic heterocycles. The second kappa shape index (κ2) is 14.1. The van der Waals surface area contributed by atoms with Gasteiger partial charge in [-0.1, -0.05) is 12.2 Å². The minimum absolute atomic E-state index is 0.868. The fourth-order valence-corrected chi connectivity index (χ4v) is 6.51. The van der Waals surface area contributed by atoms with Crippen LogP contribution in [0.3, 0.4) is 0 Å². The Morgan fingerprint density at radius 1 is 0.605 bits per heavy atom. The minimum atomic E-state index is 0.868. The van der Waals surface area contributed by atoms with Gasteiger partial charge in [0.15, 0.2) is 0 Å². The van der Waals surface area contributed by atoms with Crippen molar-refractivity contribution in [3.8, 4) is 11.4 Å². The minimum Gasteiger partial charge on any atom is -0.364 e. The number of nitrogens with zero attached hydrogens (tertiary/aromatic N) is 4. The number of pyridine rings is 2. The fraction of sp³-hybridized carbons (Fsp3) is 0.312. The van der Waals surface area contributed by atoms with Crippen LogP contribution in [0, 0.1) is 0 Å². The Hall–Kier alpha value is -3.22. The topological polar surface area (TPSA) is 32.3 Å². The number of hydrogen-bond donors (Lipinski definition) is 0. The van der Waals surface area contributed by atoms with Crippen LogP contribution in [-0.4, -0.2) is 36.1 Å². The molecule has 0 unspecified atom stereocenters. The molecule has 198 valence electrons. The van der Waals surface area contributed by atoms with Crippen molar-refractivity contribution in [1.82, 2.24) is 9.97 Å². The molecule has 4 nitrogen and oxygen atoms in total. The van der Waals surface area contributed by atoms with Crippen LogP contribution in [0.5, 0.6) is 0 Å². The van der Waals surface area contributed by atoms with E-state index in [1.807, 2.05) is 35.1 Å². The summed E-state index contributed by atoms with van der Waals surface area (Å²) in [6, 6.07) is 17.3. The van der Waals surface area contributed by atoms with Crippen molar-refractivity contribution in [2.24, 2.45) is 0 Å². The van der Waals surface area contributed by atoms with Gasteiger partial charge in [-0.15, -0.1) is 22.7 Å². The van der Waals surface area contributed by atoms with E-state index in [0.29, 0.717) is 0 Å². The van der Waals surface area contributed by atoms with E-state index in [1.54, 1.807) is 0 Å². The second-order valence-electron chi connectivity index (χ2n) is 9.01. The van der Waals surface area contributed by atoms with Crippen molar-refractivity contribution < 1.29 is 0 Å². The Morgan fingerprint density at radius 2 is 1.03 bits per heavy atom. The van der Waals surface area contributed by atoms with E-state index in [0.717, 1.165) is 50.4 Å². The van der Waals surface area contributed by atoms with Gasteiger partial charge in [0, 0.05) is 48.3 Å². The van der Waals surface area contributed by atoms with Crippen molar-refractivity contribution in [2.45, 2.75) is 40.5 Å². The van der Waals surface area contributed by atoms with Gasteiger partial charge in [0.25, 0.3) is 0 Å². The molecule has 0 saturated carbocycles. The highest BCUT2D eigenvalue weighted by atomic mass is 32.1. The van der Waals surface area contributed by atoms with Crippen LogP contribution in [0.15, 0.2) is 73.1 Å². The molecule has 0 saturated heterocycles. The molecular weight excluding hydrogens is 505 g/mol. The molecule has 0 N–H and O–H groups in total. The van der Waals surface area contributed by atoms with Gasteiger partial charge in [0.2, 0.25) is 0 Å². The molecule has 4 aromatic rings. The molecule has 0 amide bonds. The van der Waals surface area contributed by atoms with Crippen molar-refractivity contribution in [3.05, 3.63) is 94.0 Å². The van der Waals surface area contributed by atoms with Gasteiger partial charge >= 0.3 is 0 Å². The van der Waals surface area contributed by atoms with E-state index in [4.69, 9.17) is 0 Å².